The molecular formula is C26H27FN2O5. The lowest BCUT2D eigenvalue weighted by atomic mass is 10.1. The second kappa shape index (κ2) is 11.2. The Hall–Kier alpha value is -4.07. The zero-order valence-electron chi connectivity index (χ0n) is 19.2. The van der Waals surface area contributed by atoms with Crippen LogP contribution in [-0.2, 0) is 4.79 Å². The predicted molar refractivity (Wildman–Crippen MR) is 128 cm³/mol. The van der Waals surface area contributed by atoms with Gasteiger partial charge in [-0.25, -0.2) is 4.39 Å². The minimum Gasteiger partial charge on any atom is -0.490 e. The molecule has 0 saturated carbocycles. The molecule has 1 aliphatic rings. The van der Waals surface area contributed by atoms with Gasteiger partial charge in [0.25, 0.3) is 11.9 Å². The Morgan fingerprint density at radius 2 is 1.82 bits per heavy atom. The van der Waals surface area contributed by atoms with Crippen molar-refractivity contribution in [2.24, 2.45) is 0 Å². The quantitative estimate of drug-likeness (QED) is 0.564. The second-order valence-corrected chi connectivity index (χ2v) is 7.86. The number of hydrogen-bond donors (Lipinski definition) is 2. The molecular weight excluding hydrogens is 439 g/mol. The number of nitrogens with one attached hydrogen (secondary N) is 1. The molecule has 4 rings (SSSR count). The number of halogens is 1. The number of nitrogens with zero attached hydrogens (tertiary/aromatic N) is 1. The van der Waals surface area contributed by atoms with Crippen LogP contribution in [0.4, 0.5) is 15.8 Å². The Labute approximate surface area is 197 Å². The maximum Gasteiger partial charge on any atom is 0.300 e. The summed E-state index contributed by atoms with van der Waals surface area (Å²) in [5.74, 6) is 0.0987. The number of amides is 1. The minimum atomic E-state index is -0.833. The van der Waals surface area contributed by atoms with Crippen molar-refractivity contribution >= 4 is 23.3 Å². The summed E-state index contributed by atoms with van der Waals surface area (Å²) in [6.45, 7) is 4.07. The summed E-state index contributed by atoms with van der Waals surface area (Å²) in [6, 6.07) is 18.9. The molecule has 3 aromatic rings. The van der Waals surface area contributed by atoms with Crippen molar-refractivity contribution in [3.63, 3.8) is 0 Å². The number of ether oxygens (including phenoxy) is 2. The van der Waals surface area contributed by atoms with Crippen molar-refractivity contribution in [1.29, 1.82) is 0 Å². The van der Waals surface area contributed by atoms with Gasteiger partial charge in [0.1, 0.15) is 30.0 Å². The lowest BCUT2D eigenvalue weighted by molar-refractivity contribution is -0.134. The summed E-state index contributed by atoms with van der Waals surface area (Å²) in [5, 5.41) is 10.2. The number of rotatable bonds is 5. The van der Waals surface area contributed by atoms with Crippen molar-refractivity contribution in [2.45, 2.75) is 20.0 Å². The SMILES string of the molecule is CC(=O)O.Cc1cc(OC[C@@H]2CN(C)c3ccccc3O2)ccc1C(=O)Nc1ccc(F)cc1. The maximum absolute atomic E-state index is 13.0. The Morgan fingerprint density at radius 1 is 1.15 bits per heavy atom. The van der Waals surface area contributed by atoms with E-state index in [1.165, 1.54) is 24.3 Å². The van der Waals surface area contributed by atoms with Gasteiger partial charge in [0.05, 0.1) is 12.2 Å². The molecule has 0 radical (unpaired) electrons. The number of carbonyl (C=O) groups is 2. The summed E-state index contributed by atoms with van der Waals surface area (Å²) < 4.78 is 25.0. The molecule has 0 saturated heterocycles. The number of benzene rings is 3. The first-order chi connectivity index (χ1) is 16.2. The number of hydrogen-bond acceptors (Lipinski definition) is 5. The van der Waals surface area contributed by atoms with Crippen molar-refractivity contribution in [2.75, 3.05) is 30.4 Å². The van der Waals surface area contributed by atoms with Crippen LogP contribution in [0.2, 0.25) is 0 Å². The maximum atomic E-state index is 13.0. The van der Waals surface area contributed by atoms with E-state index >= 15 is 0 Å². The standard InChI is InChI=1S/C24H23FN2O3.C2H4O2/c1-16-13-19(11-12-21(16)24(28)26-18-9-7-17(25)8-10-18)29-15-20-14-27(2)22-5-3-4-6-23(22)30-20;1-2(3)4/h3-13,20H,14-15H2,1-2H3,(H,26,28);1H3,(H,3,4)/t20-;/m0./s1. The number of likely N-dealkylation sites (N-methyl/N-ethyl adjacent to an activating group) is 1. The van der Waals surface area contributed by atoms with Crippen LogP contribution in [0.1, 0.15) is 22.8 Å². The van der Waals surface area contributed by atoms with Gasteiger partial charge in [-0.1, -0.05) is 12.1 Å². The topological polar surface area (TPSA) is 88.1 Å². The lowest BCUT2D eigenvalue weighted by Crippen LogP contribution is -2.41. The van der Waals surface area contributed by atoms with Crippen LogP contribution in [0.15, 0.2) is 66.7 Å². The van der Waals surface area contributed by atoms with Crippen molar-refractivity contribution in [1.82, 2.24) is 0 Å². The molecule has 0 fully saturated rings. The number of anilines is 2. The largest absolute Gasteiger partial charge is 0.490 e. The van der Waals surface area contributed by atoms with E-state index < -0.39 is 5.97 Å². The van der Waals surface area contributed by atoms with Gasteiger partial charge in [0.15, 0.2) is 0 Å². The highest BCUT2D eigenvalue weighted by Gasteiger charge is 2.23. The van der Waals surface area contributed by atoms with E-state index in [1.54, 1.807) is 12.1 Å². The van der Waals surface area contributed by atoms with Gasteiger partial charge in [0.2, 0.25) is 0 Å². The number of fused-ring (bicyclic) bond motifs is 1. The fraction of sp³-hybridized carbons (Fsp3) is 0.231. The Kier molecular flexibility index (Phi) is 8.08. The molecule has 0 bridgehead atoms. The first-order valence-corrected chi connectivity index (χ1v) is 10.7. The van der Waals surface area contributed by atoms with E-state index in [9.17, 15) is 9.18 Å². The summed E-state index contributed by atoms with van der Waals surface area (Å²) in [4.78, 5) is 23.7. The highest BCUT2D eigenvalue weighted by atomic mass is 19.1. The molecule has 0 spiro atoms. The van der Waals surface area contributed by atoms with Gasteiger partial charge in [0, 0.05) is 25.2 Å². The zero-order chi connectivity index (χ0) is 24.7. The summed E-state index contributed by atoms with van der Waals surface area (Å²) >= 11 is 0. The summed E-state index contributed by atoms with van der Waals surface area (Å²) in [7, 11) is 2.03. The highest BCUT2D eigenvalue weighted by molar-refractivity contribution is 6.05. The van der Waals surface area contributed by atoms with E-state index in [4.69, 9.17) is 19.4 Å². The number of para-hydroxylation sites is 2. The van der Waals surface area contributed by atoms with E-state index in [-0.39, 0.29) is 17.8 Å². The van der Waals surface area contributed by atoms with E-state index in [0.717, 1.165) is 30.5 Å². The number of carboxylic acids is 1. The van der Waals surface area contributed by atoms with Crippen LogP contribution < -0.4 is 19.7 Å². The van der Waals surface area contributed by atoms with Gasteiger partial charge in [-0.15, -0.1) is 0 Å². The second-order valence-electron chi connectivity index (χ2n) is 7.86. The average Bonchev–Trinajstić information content (AvgIpc) is 2.79. The highest BCUT2D eigenvalue weighted by Crippen LogP contribution is 2.32. The molecule has 1 aliphatic heterocycles. The molecule has 1 amide bonds. The first-order valence-electron chi connectivity index (χ1n) is 10.7. The van der Waals surface area contributed by atoms with Gasteiger partial charge < -0.3 is 24.8 Å². The molecule has 34 heavy (non-hydrogen) atoms. The lowest BCUT2D eigenvalue weighted by Gasteiger charge is -2.33. The molecule has 7 nitrogen and oxygen atoms in total. The summed E-state index contributed by atoms with van der Waals surface area (Å²) in [6.07, 6.45) is -0.0911. The first kappa shape index (κ1) is 24.6. The van der Waals surface area contributed by atoms with Crippen LogP contribution in [0.25, 0.3) is 0 Å². The van der Waals surface area contributed by atoms with Crippen LogP contribution in [0.3, 0.4) is 0 Å². The third kappa shape index (κ3) is 6.71. The van der Waals surface area contributed by atoms with Gasteiger partial charge in [-0.3, -0.25) is 9.59 Å². The zero-order valence-corrected chi connectivity index (χ0v) is 19.2. The molecule has 3 aromatic carbocycles. The molecule has 0 aromatic heterocycles. The van der Waals surface area contributed by atoms with Gasteiger partial charge in [-0.05, 0) is 67.1 Å². The van der Waals surface area contributed by atoms with E-state index in [1.807, 2.05) is 44.3 Å². The predicted octanol–water partition coefficient (Wildman–Crippen LogP) is 4.75. The van der Waals surface area contributed by atoms with Crippen molar-refractivity contribution < 1.29 is 28.6 Å². The Morgan fingerprint density at radius 3 is 2.50 bits per heavy atom. The van der Waals surface area contributed by atoms with E-state index in [0.29, 0.717) is 23.6 Å². The molecule has 8 heteroatoms. The molecule has 178 valence electrons. The van der Waals surface area contributed by atoms with Crippen molar-refractivity contribution in [3.05, 3.63) is 83.7 Å². The molecule has 0 unspecified atom stereocenters. The number of aliphatic carboxylic acids is 1. The normalized spacial score (nSPS) is 14.1. The van der Waals surface area contributed by atoms with Gasteiger partial charge in [-0.2, -0.15) is 0 Å². The van der Waals surface area contributed by atoms with Crippen molar-refractivity contribution in [3.8, 4) is 11.5 Å². The Bertz CT molecular complexity index is 1150. The van der Waals surface area contributed by atoms with Crippen LogP contribution in [-0.4, -0.2) is 43.3 Å². The Balaban J connectivity index is 0.000000751. The molecule has 1 heterocycles. The molecule has 1 atom stereocenters. The van der Waals surface area contributed by atoms with Crippen LogP contribution in [0.5, 0.6) is 11.5 Å². The smallest absolute Gasteiger partial charge is 0.300 e. The summed E-state index contributed by atoms with van der Waals surface area (Å²) in [5.41, 5.74) is 2.94. The third-order valence-corrected chi connectivity index (χ3v) is 5.03. The van der Waals surface area contributed by atoms with Crippen LogP contribution in [0, 0.1) is 12.7 Å². The molecule has 2 N–H and O–H groups in total. The van der Waals surface area contributed by atoms with Crippen LogP contribution >= 0.6 is 0 Å². The number of aryl methyl sites for hydroxylation is 1. The number of carboxylic acid groups (broad SMARTS) is 1. The monoisotopic (exact) mass is 466 g/mol. The minimum absolute atomic E-state index is 0.0911. The fourth-order valence-electron chi connectivity index (χ4n) is 3.48. The third-order valence-electron chi connectivity index (χ3n) is 5.03. The number of carbonyl (C=O) groups excluding carboxylic acids is 1. The average molecular weight is 467 g/mol. The van der Waals surface area contributed by atoms with E-state index in [2.05, 4.69) is 10.2 Å². The fourth-order valence-corrected chi connectivity index (χ4v) is 3.48. The molecule has 0 aliphatic carbocycles. The van der Waals surface area contributed by atoms with Gasteiger partial charge >= 0.3 is 0 Å².